The topological polar surface area (TPSA) is 99.5 Å². The van der Waals surface area contributed by atoms with Gasteiger partial charge in [0.2, 0.25) is 0 Å². The largest absolute Gasteiger partial charge is 0.484 e. The van der Waals surface area contributed by atoms with Crippen LogP contribution in [-0.2, 0) is 9.59 Å². The standard InChI is InChI=1S/C25H25N3O5/c1-17-22(24(30)28(26-17)20-9-7-19(8-10-20)25(31)32)15-18-5-11-21(12-6-18)33-16-23(29)27-13-3-2-4-14-27/h5-12,15H,2-4,13-14,16H2,1H3,(H,31,32)/b22-15-. The van der Waals surface area contributed by atoms with Gasteiger partial charge in [-0.15, -0.1) is 0 Å². The van der Waals surface area contributed by atoms with Crippen molar-refractivity contribution in [3.8, 4) is 5.75 Å². The van der Waals surface area contributed by atoms with Crippen LogP contribution in [0, 0.1) is 0 Å². The van der Waals surface area contributed by atoms with Gasteiger partial charge in [-0.25, -0.2) is 4.79 Å². The van der Waals surface area contributed by atoms with Gasteiger partial charge in [-0.3, -0.25) is 9.59 Å². The molecule has 1 N–H and O–H groups in total. The summed E-state index contributed by atoms with van der Waals surface area (Å²) in [5, 5.41) is 14.6. The molecule has 2 heterocycles. The first kappa shape index (κ1) is 22.3. The number of carboxylic acids is 1. The molecule has 2 amide bonds. The van der Waals surface area contributed by atoms with Crippen LogP contribution in [0.15, 0.2) is 59.2 Å². The number of piperidine rings is 1. The van der Waals surface area contributed by atoms with Gasteiger partial charge >= 0.3 is 5.97 Å². The number of carboxylic acid groups (broad SMARTS) is 1. The molecule has 0 spiro atoms. The number of rotatable bonds is 6. The highest BCUT2D eigenvalue weighted by molar-refractivity contribution is 6.32. The van der Waals surface area contributed by atoms with Gasteiger partial charge in [-0.1, -0.05) is 12.1 Å². The maximum absolute atomic E-state index is 12.9. The van der Waals surface area contributed by atoms with E-state index in [0.29, 0.717) is 22.7 Å². The molecule has 0 bridgehead atoms. The smallest absolute Gasteiger partial charge is 0.335 e. The number of aromatic carboxylic acids is 1. The number of likely N-dealkylation sites (tertiary alicyclic amines) is 1. The van der Waals surface area contributed by atoms with Gasteiger partial charge in [0.25, 0.3) is 11.8 Å². The first-order valence-electron chi connectivity index (χ1n) is 10.9. The summed E-state index contributed by atoms with van der Waals surface area (Å²) in [6, 6.07) is 13.2. The minimum absolute atomic E-state index is 0.000706. The average Bonchev–Trinajstić information content (AvgIpc) is 3.12. The van der Waals surface area contributed by atoms with Crippen LogP contribution in [0.5, 0.6) is 5.75 Å². The number of amides is 2. The molecule has 8 nitrogen and oxygen atoms in total. The van der Waals surface area contributed by atoms with E-state index >= 15 is 0 Å². The summed E-state index contributed by atoms with van der Waals surface area (Å²) >= 11 is 0. The second kappa shape index (κ2) is 9.68. The third-order valence-corrected chi connectivity index (χ3v) is 5.68. The van der Waals surface area contributed by atoms with E-state index in [1.165, 1.54) is 23.6 Å². The number of ether oxygens (including phenoxy) is 1. The van der Waals surface area contributed by atoms with Crippen molar-refractivity contribution in [2.24, 2.45) is 5.10 Å². The lowest BCUT2D eigenvalue weighted by atomic mass is 10.1. The Morgan fingerprint density at radius 3 is 2.33 bits per heavy atom. The van der Waals surface area contributed by atoms with Crippen LogP contribution in [-0.4, -0.2) is 53.2 Å². The lowest BCUT2D eigenvalue weighted by Gasteiger charge is -2.26. The van der Waals surface area contributed by atoms with E-state index in [1.807, 2.05) is 17.0 Å². The molecule has 2 aliphatic rings. The number of nitrogens with zero attached hydrogens (tertiary/aromatic N) is 3. The molecule has 0 radical (unpaired) electrons. The van der Waals surface area contributed by atoms with Gasteiger partial charge in [0, 0.05) is 13.1 Å². The highest BCUT2D eigenvalue weighted by atomic mass is 16.5. The first-order chi connectivity index (χ1) is 15.9. The fourth-order valence-corrected chi connectivity index (χ4v) is 3.81. The Morgan fingerprint density at radius 1 is 1.03 bits per heavy atom. The number of carbonyl (C=O) groups is 3. The quantitative estimate of drug-likeness (QED) is 0.683. The number of anilines is 1. The molecule has 0 aromatic heterocycles. The SMILES string of the molecule is CC1=NN(c2ccc(C(=O)O)cc2)C(=O)/C1=C\c1ccc(OCC(=O)N2CCCCC2)cc1. The molecule has 0 saturated carbocycles. The molecule has 2 aromatic carbocycles. The zero-order valence-corrected chi connectivity index (χ0v) is 18.4. The van der Waals surface area contributed by atoms with Gasteiger partial charge in [0.1, 0.15) is 5.75 Å². The molecular formula is C25H25N3O5. The maximum atomic E-state index is 12.9. The van der Waals surface area contributed by atoms with Crippen molar-refractivity contribution in [2.45, 2.75) is 26.2 Å². The lowest BCUT2D eigenvalue weighted by Crippen LogP contribution is -2.38. The number of carbonyl (C=O) groups excluding carboxylic acids is 2. The predicted molar refractivity (Wildman–Crippen MR) is 124 cm³/mol. The van der Waals surface area contributed by atoms with E-state index in [4.69, 9.17) is 9.84 Å². The fourth-order valence-electron chi connectivity index (χ4n) is 3.81. The minimum atomic E-state index is -1.03. The van der Waals surface area contributed by atoms with E-state index in [9.17, 15) is 14.4 Å². The Bertz CT molecular complexity index is 1110. The molecule has 2 aromatic rings. The Hall–Kier alpha value is -3.94. The maximum Gasteiger partial charge on any atom is 0.335 e. The molecule has 2 aliphatic heterocycles. The van der Waals surface area contributed by atoms with Gasteiger partial charge in [-0.2, -0.15) is 10.1 Å². The van der Waals surface area contributed by atoms with Crippen molar-refractivity contribution in [3.05, 3.63) is 65.2 Å². The second-order valence-electron chi connectivity index (χ2n) is 8.01. The molecule has 33 heavy (non-hydrogen) atoms. The molecule has 4 rings (SSSR count). The molecule has 0 aliphatic carbocycles. The van der Waals surface area contributed by atoms with Gasteiger partial charge < -0.3 is 14.7 Å². The van der Waals surface area contributed by atoms with E-state index in [-0.39, 0.29) is 24.0 Å². The van der Waals surface area contributed by atoms with E-state index in [0.717, 1.165) is 31.5 Å². The van der Waals surface area contributed by atoms with Crippen LogP contribution in [0.2, 0.25) is 0 Å². The third kappa shape index (κ3) is 5.11. The summed E-state index contributed by atoms with van der Waals surface area (Å²) in [6.45, 7) is 3.36. The summed E-state index contributed by atoms with van der Waals surface area (Å²) in [4.78, 5) is 38.0. The molecule has 0 atom stereocenters. The van der Waals surface area contributed by atoms with Gasteiger partial charge in [0.15, 0.2) is 6.61 Å². The third-order valence-electron chi connectivity index (χ3n) is 5.68. The lowest BCUT2D eigenvalue weighted by molar-refractivity contribution is -0.134. The van der Waals surface area contributed by atoms with Crippen molar-refractivity contribution in [1.82, 2.24) is 4.90 Å². The second-order valence-corrected chi connectivity index (χ2v) is 8.01. The minimum Gasteiger partial charge on any atom is -0.484 e. The Labute approximate surface area is 191 Å². The summed E-state index contributed by atoms with van der Waals surface area (Å²) in [5.74, 6) is -0.729. The van der Waals surface area contributed by atoms with E-state index in [2.05, 4.69) is 5.10 Å². The number of benzene rings is 2. The van der Waals surface area contributed by atoms with Crippen molar-refractivity contribution in [2.75, 3.05) is 24.7 Å². The normalized spacial score (nSPS) is 17.3. The first-order valence-corrected chi connectivity index (χ1v) is 10.9. The highest BCUT2D eigenvalue weighted by Gasteiger charge is 2.28. The van der Waals surface area contributed by atoms with Crippen LogP contribution < -0.4 is 9.75 Å². The van der Waals surface area contributed by atoms with Crippen molar-refractivity contribution in [1.29, 1.82) is 0 Å². The average molecular weight is 447 g/mol. The molecule has 8 heteroatoms. The molecular weight excluding hydrogens is 422 g/mol. The Balaban J connectivity index is 1.40. The number of hydrogen-bond donors (Lipinski definition) is 1. The molecule has 1 saturated heterocycles. The van der Waals surface area contributed by atoms with E-state index in [1.54, 1.807) is 37.3 Å². The summed E-state index contributed by atoms with van der Waals surface area (Å²) in [6.07, 6.45) is 5.00. The van der Waals surface area contributed by atoms with Crippen LogP contribution in [0.3, 0.4) is 0 Å². The van der Waals surface area contributed by atoms with Gasteiger partial charge in [0.05, 0.1) is 22.5 Å². The summed E-state index contributed by atoms with van der Waals surface area (Å²) < 4.78 is 5.64. The van der Waals surface area contributed by atoms with Crippen LogP contribution >= 0.6 is 0 Å². The van der Waals surface area contributed by atoms with Crippen LogP contribution in [0.1, 0.15) is 42.1 Å². The van der Waals surface area contributed by atoms with Crippen molar-refractivity contribution >= 4 is 35.3 Å². The zero-order valence-electron chi connectivity index (χ0n) is 18.4. The summed E-state index contributed by atoms with van der Waals surface area (Å²) in [7, 11) is 0. The Morgan fingerprint density at radius 2 is 1.70 bits per heavy atom. The van der Waals surface area contributed by atoms with E-state index < -0.39 is 5.97 Å². The molecule has 0 unspecified atom stereocenters. The van der Waals surface area contributed by atoms with Crippen LogP contribution in [0.4, 0.5) is 5.69 Å². The zero-order chi connectivity index (χ0) is 23.4. The van der Waals surface area contributed by atoms with Crippen molar-refractivity contribution in [3.63, 3.8) is 0 Å². The monoisotopic (exact) mass is 447 g/mol. The number of hydrazone groups is 1. The fraction of sp³-hybridized carbons (Fsp3) is 0.280. The highest BCUT2D eigenvalue weighted by Crippen LogP contribution is 2.26. The summed E-state index contributed by atoms with van der Waals surface area (Å²) in [5.41, 5.74) is 2.45. The van der Waals surface area contributed by atoms with Gasteiger partial charge in [-0.05, 0) is 74.2 Å². The molecule has 1 fully saturated rings. The van der Waals surface area contributed by atoms with Crippen molar-refractivity contribution < 1.29 is 24.2 Å². The van der Waals surface area contributed by atoms with Crippen LogP contribution in [0.25, 0.3) is 6.08 Å². The molecule has 170 valence electrons. The number of hydrogen-bond acceptors (Lipinski definition) is 5. The Kier molecular flexibility index (Phi) is 6.53. The predicted octanol–water partition coefficient (Wildman–Crippen LogP) is 3.58.